The lowest BCUT2D eigenvalue weighted by Crippen LogP contribution is -2.08. The van der Waals surface area contributed by atoms with Gasteiger partial charge in [0.1, 0.15) is 5.82 Å². The molecule has 1 aliphatic carbocycles. The normalized spacial score (nSPS) is 15.6. The fourth-order valence-electron chi connectivity index (χ4n) is 6.54. The van der Waals surface area contributed by atoms with Crippen LogP contribution in [-0.4, -0.2) is 27.2 Å². The maximum Gasteiger partial charge on any atom is 0.335 e. The Kier molecular flexibility index (Phi) is 5.43. The second-order valence-corrected chi connectivity index (χ2v) is 10.4. The summed E-state index contributed by atoms with van der Waals surface area (Å²) in [4.78, 5) is 16.7. The van der Waals surface area contributed by atoms with Crippen molar-refractivity contribution >= 4 is 33.5 Å². The van der Waals surface area contributed by atoms with Crippen LogP contribution in [0.5, 0.6) is 0 Å². The van der Waals surface area contributed by atoms with Crippen LogP contribution in [0, 0.1) is 5.82 Å². The minimum atomic E-state index is -0.906. The number of aromatic carboxylic acids is 1. The molecule has 0 spiro atoms. The first kappa shape index (κ1) is 23.0. The number of fused-ring (bicyclic) bond motifs is 7. The third kappa shape index (κ3) is 3.58. The van der Waals surface area contributed by atoms with Gasteiger partial charge in [-0.25, -0.2) is 14.2 Å². The van der Waals surface area contributed by atoms with Gasteiger partial charge in [-0.05, 0) is 72.9 Å². The van der Waals surface area contributed by atoms with Crippen molar-refractivity contribution in [2.75, 3.05) is 11.9 Å². The zero-order chi connectivity index (χ0) is 25.8. The lowest BCUT2D eigenvalue weighted by molar-refractivity contribution is 0.0697. The van der Waals surface area contributed by atoms with Crippen molar-refractivity contribution in [3.8, 4) is 22.5 Å². The van der Waals surface area contributed by atoms with Crippen molar-refractivity contribution in [2.45, 2.75) is 44.6 Å². The molecule has 0 bridgehead atoms. The molecule has 3 heterocycles. The van der Waals surface area contributed by atoms with E-state index in [1.165, 1.54) is 36.6 Å². The minimum Gasteiger partial charge on any atom is -0.478 e. The molecule has 5 nitrogen and oxygen atoms in total. The third-order valence-electron chi connectivity index (χ3n) is 8.28. The number of benzene rings is 3. The van der Waals surface area contributed by atoms with E-state index in [4.69, 9.17) is 4.98 Å². The summed E-state index contributed by atoms with van der Waals surface area (Å²) in [5, 5.41) is 15.5. The fourth-order valence-corrected chi connectivity index (χ4v) is 6.54. The van der Waals surface area contributed by atoms with Gasteiger partial charge < -0.3 is 15.0 Å². The Balaban J connectivity index is 1.47. The summed E-state index contributed by atoms with van der Waals surface area (Å²) < 4.78 is 16.8. The molecular weight excluding hydrogens is 477 g/mol. The van der Waals surface area contributed by atoms with Gasteiger partial charge in [0.2, 0.25) is 0 Å². The molecule has 0 saturated heterocycles. The van der Waals surface area contributed by atoms with E-state index in [1.807, 2.05) is 36.4 Å². The van der Waals surface area contributed by atoms with E-state index in [9.17, 15) is 14.3 Å². The number of nitrogens with one attached hydrogen (secondary N) is 1. The fraction of sp³-hybridized carbons (Fsp3) is 0.250. The van der Waals surface area contributed by atoms with E-state index in [0.29, 0.717) is 29.3 Å². The Morgan fingerprint density at radius 1 is 0.947 bits per heavy atom. The number of carboxylic acid groups (broad SMARTS) is 1. The van der Waals surface area contributed by atoms with E-state index in [2.05, 4.69) is 16.0 Å². The van der Waals surface area contributed by atoms with E-state index in [1.54, 1.807) is 18.2 Å². The molecule has 2 aromatic heterocycles. The predicted octanol–water partition coefficient (Wildman–Crippen LogP) is 7.83. The monoisotopic (exact) mass is 505 g/mol. The lowest BCUT2D eigenvalue weighted by atomic mass is 9.81. The van der Waals surface area contributed by atoms with Crippen LogP contribution in [0.3, 0.4) is 0 Å². The van der Waals surface area contributed by atoms with Gasteiger partial charge in [-0.15, -0.1) is 0 Å². The molecule has 0 atom stereocenters. The standard InChI is InChI=1S/C32H28FN3O2/c33-25-9-5-4-8-21(25)26-14-12-22-27(35-26)15-13-24-30(22)34-16-17-36-28-18-20(32(37)38)10-11-23(28)29(31(24)36)19-6-2-1-3-7-19/h4-5,8-15,18-19,34H,1-3,6-7,16-17H2,(H,37,38). The number of pyridine rings is 1. The van der Waals surface area contributed by atoms with Gasteiger partial charge in [-0.3, -0.25) is 0 Å². The van der Waals surface area contributed by atoms with Gasteiger partial charge in [0.05, 0.1) is 28.2 Å². The molecule has 0 unspecified atom stereocenters. The number of nitrogens with zero attached hydrogens (tertiary/aromatic N) is 2. The highest BCUT2D eigenvalue weighted by Gasteiger charge is 2.29. The minimum absolute atomic E-state index is 0.283. The molecule has 1 aliphatic heterocycles. The van der Waals surface area contributed by atoms with Crippen LogP contribution in [0.25, 0.3) is 44.3 Å². The van der Waals surface area contributed by atoms with Gasteiger partial charge in [0.15, 0.2) is 0 Å². The molecule has 38 heavy (non-hydrogen) atoms. The zero-order valence-corrected chi connectivity index (χ0v) is 21.0. The van der Waals surface area contributed by atoms with Crippen LogP contribution in [0.2, 0.25) is 0 Å². The Morgan fingerprint density at radius 3 is 2.58 bits per heavy atom. The predicted molar refractivity (Wildman–Crippen MR) is 149 cm³/mol. The summed E-state index contributed by atoms with van der Waals surface area (Å²) >= 11 is 0. The Morgan fingerprint density at radius 2 is 1.76 bits per heavy atom. The number of hydrogen-bond donors (Lipinski definition) is 2. The van der Waals surface area contributed by atoms with Crippen molar-refractivity contribution in [3.05, 3.63) is 83.7 Å². The number of hydrogen-bond acceptors (Lipinski definition) is 3. The summed E-state index contributed by atoms with van der Waals surface area (Å²) in [6.07, 6.45) is 6.00. The van der Waals surface area contributed by atoms with E-state index >= 15 is 0 Å². The van der Waals surface area contributed by atoms with Crippen molar-refractivity contribution in [3.63, 3.8) is 0 Å². The second kappa shape index (κ2) is 8.98. The van der Waals surface area contributed by atoms with Crippen LogP contribution in [0.4, 0.5) is 10.1 Å². The van der Waals surface area contributed by atoms with Crippen LogP contribution in [-0.2, 0) is 6.54 Å². The van der Waals surface area contributed by atoms with Crippen LogP contribution in [0.15, 0.2) is 66.7 Å². The molecule has 3 aromatic carbocycles. The van der Waals surface area contributed by atoms with E-state index in [0.717, 1.165) is 52.4 Å². The molecule has 0 amide bonds. The topological polar surface area (TPSA) is 67.2 Å². The molecule has 190 valence electrons. The largest absolute Gasteiger partial charge is 0.478 e. The number of carboxylic acids is 1. The van der Waals surface area contributed by atoms with Crippen molar-refractivity contribution < 1.29 is 14.3 Å². The second-order valence-electron chi connectivity index (χ2n) is 10.4. The first-order valence-electron chi connectivity index (χ1n) is 13.4. The number of aromatic nitrogens is 2. The molecule has 2 N–H and O–H groups in total. The first-order valence-corrected chi connectivity index (χ1v) is 13.4. The Labute approximate surface area is 219 Å². The van der Waals surface area contributed by atoms with Crippen LogP contribution in [0.1, 0.15) is 53.9 Å². The smallest absolute Gasteiger partial charge is 0.335 e. The molecule has 1 fully saturated rings. The molecular formula is C32H28FN3O2. The summed E-state index contributed by atoms with van der Waals surface area (Å²) in [5.41, 5.74) is 7.90. The maximum atomic E-state index is 14.5. The van der Waals surface area contributed by atoms with Gasteiger partial charge in [0, 0.05) is 40.5 Å². The van der Waals surface area contributed by atoms with Crippen molar-refractivity contribution in [1.82, 2.24) is 9.55 Å². The number of anilines is 1. The van der Waals surface area contributed by atoms with Gasteiger partial charge in [-0.1, -0.05) is 37.5 Å². The zero-order valence-electron chi connectivity index (χ0n) is 21.0. The lowest BCUT2D eigenvalue weighted by Gasteiger charge is -2.24. The highest BCUT2D eigenvalue weighted by molar-refractivity contribution is 6.05. The van der Waals surface area contributed by atoms with Gasteiger partial charge >= 0.3 is 5.97 Å². The molecule has 5 aromatic rings. The number of halogens is 1. The average Bonchev–Trinajstić information content (AvgIpc) is 3.13. The molecule has 6 heteroatoms. The summed E-state index contributed by atoms with van der Waals surface area (Å²) in [6, 6.07) is 20.4. The third-order valence-corrected chi connectivity index (χ3v) is 8.28. The van der Waals surface area contributed by atoms with Gasteiger partial charge in [0.25, 0.3) is 0 Å². The van der Waals surface area contributed by atoms with E-state index < -0.39 is 5.97 Å². The Bertz CT molecular complexity index is 1730. The van der Waals surface area contributed by atoms with Crippen molar-refractivity contribution in [2.24, 2.45) is 0 Å². The average molecular weight is 506 g/mol. The summed E-state index contributed by atoms with van der Waals surface area (Å²) in [6.45, 7) is 1.44. The summed E-state index contributed by atoms with van der Waals surface area (Å²) in [5.74, 6) is -0.743. The number of rotatable bonds is 3. The highest BCUT2D eigenvalue weighted by Crippen LogP contribution is 2.48. The quantitative estimate of drug-likeness (QED) is 0.262. The maximum absolute atomic E-state index is 14.5. The van der Waals surface area contributed by atoms with Crippen LogP contribution >= 0.6 is 0 Å². The highest BCUT2D eigenvalue weighted by atomic mass is 19.1. The summed E-state index contributed by atoms with van der Waals surface area (Å²) in [7, 11) is 0. The first-order chi connectivity index (χ1) is 18.6. The molecule has 1 saturated carbocycles. The SMILES string of the molecule is O=C(O)c1ccc2c(C3CCCCC3)c3n(c2c1)CCNc1c-3ccc2nc(-c3ccccc3F)ccc12. The molecule has 0 radical (unpaired) electrons. The van der Waals surface area contributed by atoms with Crippen molar-refractivity contribution in [1.29, 1.82) is 0 Å². The Hall–Kier alpha value is -4.19. The van der Waals surface area contributed by atoms with Crippen LogP contribution < -0.4 is 5.32 Å². The van der Waals surface area contributed by atoms with Gasteiger partial charge in [-0.2, -0.15) is 0 Å². The number of carbonyl (C=O) groups is 1. The molecule has 7 rings (SSSR count). The molecule has 2 aliphatic rings. The van der Waals surface area contributed by atoms with E-state index in [-0.39, 0.29) is 5.82 Å².